The number of nitrogens with zero attached hydrogens (tertiary/aromatic N) is 6. The molecule has 0 amide bonds. The molecular formula is C22H30Cl2N8. The summed E-state index contributed by atoms with van der Waals surface area (Å²) in [7, 11) is 4.31. The first-order valence-electron chi connectivity index (χ1n) is 10.6. The molecule has 0 unspecified atom stereocenters. The van der Waals surface area contributed by atoms with E-state index in [1.54, 1.807) is 6.20 Å². The van der Waals surface area contributed by atoms with Crippen LogP contribution in [0.4, 0.5) is 17.5 Å². The number of aromatic amines is 1. The molecule has 32 heavy (non-hydrogen) atoms. The van der Waals surface area contributed by atoms with E-state index in [4.69, 9.17) is 11.6 Å². The average molecular weight is 477 g/mol. The molecule has 0 aromatic carbocycles. The van der Waals surface area contributed by atoms with Crippen LogP contribution < -0.4 is 10.2 Å². The summed E-state index contributed by atoms with van der Waals surface area (Å²) < 4.78 is 0. The van der Waals surface area contributed by atoms with Crippen molar-refractivity contribution >= 4 is 41.5 Å². The Hall–Kier alpha value is -2.42. The summed E-state index contributed by atoms with van der Waals surface area (Å²) in [6.07, 6.45) is 5.96. The minimum Gasteiger partial charge on any atom is -0.370 e. The molecule has 3 aromatic heterocycles. The van der Waals surface area contributed by atoms with Crippen LogP contribution in [0, 0.1) is 0 Å². The molecule has 0 atom stereocenters. The van der Waals surface area contributed by atoms with Crippen molar-refractivity contribution in [2.24, 2.45) is 0 Å². The first-order valence-corrected chi connectivity index (χ1v) is 11.0. The Morgan fingerprint density at radius 3 is 2.53 bits per heavy atom. The van der Waals surface area contributed by atoms with Gasteiger partial charge in [-0.15, -0.1) is 12.4 Å². The third kappa shape index (κ3) is 5.31. The van der Waals surface area contributed by atoms with Crippen LogP contribution in [0.2, 0.25) is 5.15 Å². The van der Waals surface area contributed by atoms with Gasteiger partial charge in [-0.25, -0.2) is 15.0 Å². The Labute approximate surface area is 200 Å². The first kappa shape index (κ1) is 24.2. The summed E-state index contributed by atoms with van der Waals surface area (Å²) in [5.74, 6) is 1.42. The van der Waals surface area contributed by atoms with Gasteiger partial charge in [-0.2, -0.15) is 5.10 Å². The molecule has 0 spiro atoms. The number of pyridine rings is 1. The van der Waals surface area contributed by atoms with Crippen LogP contribution in [-0.2, 0) is 0 Å². The molecule has 3 aromatic rings. The molecule has 172 valence electrons. The van der Waals surface area contributed by atoms with Crippen LogP contribution in [0.3, 0.4) is 0 Å². The monoisotopic (exact) mass is 476 g/mol. The lowest BCUT2D eigenvalue weighted by molar-refractivity contribution is 0.249. The van der Waals surface area contributed by atoms with E-state index < -0.39 is 0 Å². The molecule has 0 saturated carbocycles. The number of aromatic nitrogens is 5. The first-order chi connectivity index (χ1) is 14.9. The predicted molar refractivity (Wildman–Crippen MR) is 132 cm³/mol. The number of nitrogens with one attached hydrogen (secondary N) is 2. The van der Waals surface area contributed by atoms with Crippen molar-refractivity contribution in [3.8, 4) is 11.3 Å². The predicted octanol–water partition coefficient (Wildman–Crippen LogP) is 4.73. The number of anilines is 3. The van der Waals surface area contributed by atoms with Crippen LogP contribution in [0.1, 0.15) is 38.3 Å². The smallest absolute Gasteiger partial charge is 0.228 e. The van der Waals surface area contributed by atoms with E-state index in [1.807, 2.05) is 18.3 Å². The van der Waals surface area contributed by atoms with Crippen LogP contribution in [-0.4, -0.2) is 63.3 Å². The highest BCUT2D eigenvalue weighted by atomic mass is 35.5. The van der Waals surface area contributed by atoms with Crippen LogP contribution in [0.5, 0.6) is 0 Å². The molecular weight excluding hydrogens is 447 g/mol. The summed E-state index contributed by atoms with van der Waals surface area (Å²) in [4.78, 5) is 18.2. The molecule has 0 aliphatic carbocycles. The van der Waals surface area contributed by atoms with Gasteiger partial charge in [0.2, 0.25) is 5.95 Å². The SMILES string of the molecule is CC(C)c1[nH]nc(Cl)c1-c1ccnc(Nc2ccc(N3CCC(N(C)C)CC3)cn2)n1.Cl. The normalized spacial score (nSPS) is 14.7. The Kier molecular flexibility index (Phi) is 7.92. The lowest BCUT2D eigenvalue weighted by Crippen LogP contribution is -2.42. The summed E-state index contributed by atoms with van der Waals surface area (Å²) >= 11 is 6.31. The lowest BCUT2D eigenvalue weighted by atomic mass is 10.0. The highest BCUT2D eigenvalue weighted by molar-refractivity contribution is 6.32. The average Bonchev–Trinajstić information content (AvgIpc) is 3.16. The summed E-state index contributed by atoms with van der Waals surface area (Å²) in [6.45, 7) is 6.27. The van der Waals surface area contributed by atoms with Crippen molar-refractivity contribution in [2.75, 3.05) is 37.4 Å². The number of hydrogen-bond acceptors (Lipinski definition) is 7. The minimum absolute atomic E-state index is 0. The topological polar surface area (TPSA) is 85.9 Å². The fraction of sp³-hybridized carbons (Fsp3) is 0.455. The molecule has 0 bridgehead atoms. The highest BCUT2D eigenvalue weighted by Gasteiger charge is 2.21. The Balaban J connectivity index is 0.00000289. The van der Waals surface area contributed by atoms with Gasteiger partial charge in [-0.3, -0.25) is 5.10 Å². The van der Waals surface area contributed by atoms with Crippen molar-refractivity contribution < 1.29 is 0 Å². The summed E-state index contributed by atoms with van der Waals surface area (Å²) in [5, 5.41) is 10.7. The fourth-order valence-electron chi connectivity index (χ4n) is 3.95. The van der Waals surface area contributed by atoms with Gasteiger partial charge in [-0.1, -0.05) is 25.4 Å². The molecule has 10 heteroatoms. The van der Waals surface area contributed by atoms with Gasteiger partial charge in [0.25, 0.3) is 0 Å². The molecule has 2 N–H and O–H groups in total. The Bertz CT molecular complexity index is 1010. The van der Waals surface area contributed by atoms with Crippen molar-refractivity contribution in [1.29, 1.82) is 0 Å². The van der Waals surface area contributed by atoms with Gasteiger partial charge in [0.15, 0.2) is 5.15 Å². The standard InChI is InChI=1S/C22H29ClN8.ClH/c1-14(2)20-19(21(23)29-28-20)17-7-10-24-22(26-17)27-18-6-5-16(13-25-18)31-11-8-15(9-12-31)30(3)4;/h5-7,10,13-15H,8-9,11-12H2,1-4H3,(H,28,29)(H,24,25,26,27);1H. The summed E-state index contributed by atoms with van der Waals surface area (Å²) in [5.41, 5.74) is 3.63. The van der Waals surface area contributed by atoms with Gasteiger partial charge in [-0.05, 0) is 51.1 Å². The molecule has 1 aliphatic rings. The molecule has 1 fully saturated rings. The molecule has 8 nitrogen and oxygen atoms in total. The third-order valence-electron chi connectivity index (χ3n) is 5.79. The molecule has 1 saturated heterocycles. The third-order valence-corrected chi connectivity index (χ3v) is 6.06. The second kappa shape index (κ2) is 10.5. The van der Waals surface area contributed by atoms with Gasteiger partial charge >= 0.3 is 0 Å². The number of H-pyrrole nitrogens is 1. The molecule has 4 heterocycles. The maximum atomic E-state index is 6.31. The molecule has 0 radical (unpaired) electrons. The van der Waals surface area contributed by atoms with Crippen molar-refractivity contribution in [2.45, 2.75) is 38.6 Å². The zero-order chi connectivity index (χ0) is 22.0. The van der Waals surface area contributed by atoms with Crippen molar-refractivity contribution in [1.82, 2.24) is 30.0 Å². The van der Waals surface area contributed by atoms with E-state index in [-0.39, 0.29) is 18.3 Å². The number of rotatable bonds is 6. The van der Waals surface area contributed by atoms with Crippen LogP contribution >= 0.6 is 24.0 Å². The maximum absolute atomic E-state index is 6.31. The van der Waals surface area contributed by atoms with Crippen LogP contribution in [0.15, 0.2) is 30.6 Å². The zero-order valence-corrected chi connectivity index (χ0v) is 20.4. The summed E-state index contributed by atoms with van der Waals surface area (Å²) in [6, 6.07) is 6.56. The number of hydrogen-bond donors (Lipinski definition) is 2. The Morgan fingerprint density at radius 2 is 1.91 bits per heavy atom. The lowest BCUT2D eigenvalue weighted by Gasteiger charge is -2.36. The van der Waals surface area contributed by atoms with E-state index in [9.17, 15) is 0 Å². The highest BCUT2D eigenvalue weighted by Crippen LogP contribution is 2.32. The van der Waals surface area contributed by atoms with Crippen molar-refractivity contribution in [3.63, 3.8) is 0 Å². The number of halogens is 2. The minimum atomic E-state index is 0. The largest absolute Gasteiger partial charge is 0.370 e. The van der Waals surface area contributed by atoms with E-state index in [1.165, 1.54) is 12.8 Å². The molecule has 4 rings (SSSR count). The maximum Gasteiger partial charge on any atom is 0.228 e. The van der Waals surface area contributed by atoms with Gasteiger partial charge in [0.1, 0.15) is 5.82 Å². The number of piperidine rings is 1. The van der Waals surface area contributed by atoms with Gasteiger partial charge in [0.05, 0.1) is 23.1 Å². The second-order valence-electron chi connectivity index (χ2n) is 8.43. The fourth-order valence-corrected chi connectivity index (χ4v) is 4.19. The van der Waals surface area contributed by atoms with E-state index in [2.05, 4.69) is 74.3 Å². The van der Waals surface area contributed by atoms with E-state index in [0.717, 1.165) is 35.7 Å². The van der Waals surface area contributed by atoms with Crippen LogP contribution in [0.25, 0.3) is 11.3 Å². The quantitative estimate of drug-likeness (QED) is 0.531. The Morgan fingerprint density at radius 1 is 1.16 bits per heavy atom. The van der Waals surface area contributed by atoms with Crippen molar-refractivity contribution in [3.05, 3.63) is 41.4 Å². The molecule has 1 aliphatic heterocycles. The van der Waals surface area contributed by atoms with Gasteiger partial charge < -0.3 is 15.1 Å². The van der Waals surface area contributed by atoms with Gasteiger partial charge in [0, 0.05) is 31.0 Å². The zero-order valence-electron chi connectivity index (χ0n) is 18.8. The van der Waals surface area contributed by atoms with E-state index >= 15 is 0 Å². The van der Waals surface area contributed by atoms with E-state index in [0.29, 0.717) is 23.0 Å². The second-order valence-corrected chi connectivity index (χ2v) is 8.79.